The predicted molar refractivity (Wildman–Crippen MR) is 78.2 cm³/mol. The van der Waals surface area contributed by atoms with Gasteiger partial charge in [-0.25, -0.2) is 4.98 Å². The van der Waals surface area contributed by atoms with Gasteiger partial charge in [-0.15, -0.1) is 11.6 Å². The van der Waals surface area contributed by atoms with Crippen molar-refractivity contribution >= 4 is 34.2 Å². The number of ether oxygens (including phenoxy) is 1. The molecule has 1 saturated carbocycles. The molecule has 0 bridgehead atoms. The van der Waals surface area contributed by atoms with Gasteiger partial charge >= 0.3 is 0 Å². The number of hydrogen-bond donors (Lipinski definition) is 0. The number of fused-ring (bicyclic) bond motifs is 1. The predicted octanol–water partition coefficient (Wildman–Crippen LogP) is 3.82. The van der Waals surface area contributed by atoms with Crippen LogP contribution in [0.25, 0.3) is 11.0 Å². The lowest BCUT2D eigenvalue weighted by Crippen LogP contribution is -2.33. The van der Waals surface area contributed by atoms with E-state index in [4.69, 9.17) is 27.9 Å². The van der Waals surface area contributed by atoms with Gasteiger partial charge in [0.15, 0.2) is 0 Å². The number of aryl methyl sites for hydroxylation is 1. The summed E-state index contributed by atoms with van der Waals surface area (Å²) in [5.74, 6) is 1.60. The molecule has 3 rings (SSSR count). The Morgan fingerprint density at radius 2 is 2.21 bits per heavy atom. The lowest BCUT2D eigenvalue weighted by Gasteiger charge is -2.36. The van der Waals surface area contributed by atoms with Crippen LogP contribution in [0.2, 0.25) is 5.02 Å². The minimum Gasteiger partial charge on any atom is -0.381 e. The third-order valence-electron chi connectivity index (χ3n) is 3.82. The first-order valence-corrected chi connectivity index (χ1v) is 7.40. The maximum Gasteiger partial charge on any atom is 0.111 e. The van der Waals surface area contributed by atoms with Crippen LogP contribution in [0.3, 0.4) is 0 Å². The van der Waals surface area contributed by atoms with Gasteiger partial charge in [-0.3, -0.25) is 0 Å². The number of benzene rings is 1. The third-order valence-corrected chi connectivity index (χ3v) is 4.31. The standard InChI is InChI=1S/C14H16Cl2N2O/c1-19-10-7-9(8-10)18-13(5-6-15)17-12-4-2-3-11(16)14(12)18/h2-4,9-10H,5-8H2,1H3. The van der Waals surface area contributed by atoms with E-state index >= 15 is 0 Å². The Bertz CT molecular complexity index is 590. The number of rotatable bonds is 4. The first kappa shape index (κ1) is 13.2. The number of aromatic nitrogens is 2. The summed E-state index contributed by atoms with van der Waals surface area (Å²) >= 11 is 12.2. The van der Waals surface area contributed by atoms with Gasteiger partial charge in [0.05, 0.1) is 22.2 Å². The number of alkyl halides is 1. The summed E-state index contributed by atoms with van der Waals surface area (Å²) in [7, 11) is 1.76. The van der Waals surface area contributed by atoms with E-state index in [1.165, 1.54) is 0 Å². The number of imidazole rings is 1. The van der Waals surface area contributed by atoms with Crippen LogP contribution < -0.4 is 0 Å². The lowest BCUT2D eigenvalue weighted by molar-refractivity contribution is 0.00664. The molecule has 0 spiro atoms. The van der Waals surface area contributed by atoms with E-state index in [1.807, 2.05) is 18.2 Å². The smallest absolute Gasteiger partial charge is 0.111 e. The molecule has 1 aliphatic carbocycles. The fourth-order valence-electron chi connectivity index (χ4n) is 2.75. The Labute approximate surface area is 122 Å². The second kappa shape index (κ2) is 5.31. The minimum absolute atomic E-state index is 0.355. The van der Waals surface area contributed by atoms with Crippen LogP contribution in [0.4, 0.5) is 0 Å². The normalized spacial score (nSPS) is 22.7. The molecule has 19 heavy (non-hydrogen) atoms. The van der Waals surface area contributed by atoms with E-state index in [-0.39, 0.29) is 0 Å². The van der Waals surface area contributed by atoms with Crippen LogP contribution in [0.15, 0.2) is 18.2 Å². The molecule has 0 saturated heterocycles. The van der Waals surface area contributed by atoms with E-state index < -0.39 is 0 Å². The van der Waals surface area contributed by atoms with Crippen LogP contribution in [-0.2, 0) is 11.2 Å². The SMILES string of the molecule is COC1CC(n2c(CCCl)nc3cccc(Cl)c32)C1. The van der Waals surface area contributed by atoms with Crippen molar-refractivity contribution < 1.29 is 4.74 Å². The zero-order chi connectivity index (χ0) is 13.4. The van der Waals surface area contributed by atoms with Crippen LogP contribution >= 0.6 is 23.2 Å². The summed E-state index contributed by atoms with van der Waals surface area (Å²) < 4.78 is 7.62. The molecule has 2 aromatic rings. The van der Waals surface area contributed by atoms with E-state index in [2.05, 4.69) is 9.55 Å². The summed E-state index contributed by atoms with van der Waals surface area (Å²) in [4.78, 5) is 4.67. The van der Waals surface area contributed by atoms with Crippen LogP contribution in [-0.4, -0.2) is 28.6 Å². The molecule has 1 aliphatic rings. The van der Waals surface area contributed by atoms with Gasteiger partial charge in [0.25, 0.3) is 0 Å². The molecule has 0 unspecified atom stereocenters. The molecular formula is C14H16Cl2N2O. The van der Waals surface area contributed by atoms with E-state index in [1.54, 1.807) is 7.11 Å². The largest absolute Gasteiger partial charge is 0.381 e. The second-order valence-electron chi connectivity index (χ2n) is 4.93. The quantitative estimate of drug-likeness (QED) is 0.802. The molecule has 102 valence electrons. The number of para-hydroxylation sites is 1. The molecule has 1 aromatic carbocycles. The van der Waals surface area contributed by atoms with Gasteiger partial charge in [-0.05, 0) is 25.0 Å². The maximum atomic E-state index is 6.35. The Kier molecular flexibility index (Phi) is 3.70. The number of nitrogens with zero attached hydrogens (tertiary/aromatic N) is 2. The Morgan fingerprint density at radius 3 is 2.89 bits per heavy atom. The molecule has 0 N–H and O–H groups in total. The summed E-state index contributed by atoms with van der Waals surface area (Å²) in [6.07, 6.45) is 3.15. The van der Waals surface area contributed by atoms with Crippen molar-refractivity contribution in [2.24, 2.45) is 0 Å². The van der Waals surface area contributed by atoms with Crippen LogP contribution in [0.5, 0.6) is 0 Å². The van der Waals surface area contributed by atoms with Crippen molar-refractivity contribution in [2.75, 3.05) is 13.0 Å². The topological polar surface area (TPSA) is 27.1 Å². The van der Waals surface area contributed by atoms with E-state index in [0.29, 0.717) is 18.0 Å². The molecule has 5 heteroatoms. The molecule has 0 radical (unpaired) electrons. The van der Waals surface area contributed by atoms with Gasteiger partial charge in [0.2, 0.25) is 0 Å². The summed E-state index contributed by atoms with van der Waals surface area (Å²) in [6.45, 7) is 0. The summed E-state index contributed by atoms with van der Waals surface area (Å²) in [5, 5.41) is 0.756. The number of halogens is 2. The molecule has 0 aliphatic heterocycles. The highest BCUT2D eigenvalue weighted by molar-refractivity contribution is 6.35. The molecule has 0 atom stereocenters. The van der Waals surface area contributed by atoms with Crippen molar-refractivity contribution in [3.8, 4) is 0 Å². The highest BCUT2D eigenvalue weighted by atomic mass is 35.5. The number of methoxy groups -OCH3 is 1. The van der Waals surface area contributed by atoms with Crippen molar-refractivity contribution in [2.45, 2.75) is 31.4 Å². The van der Waals surface area contributed by atoms with Crippen molar-refractivity contribution in [1.29, 1.82) is 0 Å². The van der Waals surface area contributed by atoms with E-state index in [9.17, 15) is 0 Å². The average molecular weight is 299 g/mol. The Hall–Kier alpha value is -0.770. The Morgan fingerprint density at radius 1 is 1.42 bits per heavy atom. The average Bonchev–Trinajstić information content (AvgIpc) is 2.69. The van der Waals surface area contributed by atoms with Crippen molar-refractivity contribution in [3.63, 3.8) is 0 Å². The Balaban J connectivity index is 2.06. The first-order valence-electron chi connectivity index (χ1n) is 6.48. The fourth-order valence-corrected chi connectivity index (χ4v) is 3.18. The van der Waals surface area contributed by atoms with Gasteiger partial charge in [0, 0.05) is 25.5 Å². The highest BCUT2D eigenvalue weighted by Gasteiger charge is 2.33. The molecule has 1 heterocycles. The van der Waals surface area contributed by atoms with E-state index in [0.717, 1.165) is 41.1 Å². The zero-order valence-electron chi connectivity index (χ0n) is 10.8. The number of hydrogen-bond acceptors (Lipinski definition) is 2. The molecule has 1 fully saturated rings. The van der Waals surface area contributed by atoms with Gasteiger partial charge in [-0.2, -0.15) is 0 Å². The lowest BCUT2D eigenvalue weighted by atomic mass is 9.88. The van der Waals surface area contributed by atoms with Crippen molar-refractivity contribution in [3.05, 3.63) is 29.0 Å². The van der Waals surface area contributed by atoms with Gasteiger partial charge in [-0.1, -0.05) is 17.7 Å². The molecule has 1 aromatic heterocycles. The summed E-state index contributed by atoms with van der Waals surface area (Å²) in [5.41, 5.74) is 1.98. The minimum atomic E-state index is 0.355. The van der Waals surface area contributed by atoms with Gasteiger partial charge < -0.3 is 9.30 Å². The van der Waals surface area contributed by atoms with Crippen molar-refractivity contribution in [1.82, 2.24) is 9.55 Å². The molecular weight excluding hydrogens is 283 g/mol. The fraction of sp³-hybridized carbons (Fsp3) is 0.500. The second-order valence-corrected chi connectivity index (χ2v) is 5.71. The highest BCUT2D eigenvalue weighted by Crippen LogP contribution is 2.39. The molecule has 0 amide bonds. The third kappa shape index (κ3) is 2.24. The monoisotopic (exact) mass is 298 g/mol. The van der Waals surface area contributed by atoms with Crippen LogP contribution in [0.1, 0.15) is 24.7 Å². The zero-order valence-corrected chi connectivity index (χ0v) is 12.3. The maximum absolute atomic E-state index is 6.35. The van der Waals surface area contributed by atoms with Crippen LogP contribution in [0, 0.1) is 0 Å². The van der Waals surface area contributed by atoms with Gasteiger partial charge in [0.1, 0.15) is 5.82 Å². The summed E-state index contributed by atoms with van der Waals surface area (Å²) in [6, 6.07) is 6.28. The molecule has 3 nitrogen and oxygen atoms in total. The first-order chi connectivity index (χ1) is 9.24.